The lowest BCUT2D eigenvalue weighted by Gasteiger charge is -2.39. The Hall–Kier alpha value is -2.41. The van der Waals surface area contributed by atoms with E-state index in [4.69, 9.17) is 14.5 Å². The first-order valence-corrected chi connectivity index (χ1v) is 9.40. The highest BCUT2D eigenvalue weighted by atomic mass is 16.5. The number of morpholine rings is 2. The number of fused-ring (bicyclic) bond motifs is 3. The number of anilines is 2. The number of hydrogen-bond donors (Lipinski definition) is 2. The van der Waals surface area contributed by atoms with Crippen molar-refractivity contribution < 1.29 is 14.6 Å². The van der Waals surface area contributed by atoms with E-state index in [1.54, 1.807) is 0 Å². The summed E-state index contributed by atoms with van der Waals surface area (Å²) in [6, 6.07) is 4.73. The molecule has 0 amide bonds. The maximum Gasteiger partial charge on any atom is 0.186 e. The second kappa shape index (κ2) is 6.64. The normalized spacial score (nSPS) is 27.9. The van der Waals surface area contributed by atoms with Gasteiger partial charge in [0.05, 0.1) is 62.2 Å². The third-order valence-corrected chi connectivity index (χ3v) is 5.85. The maximum atomic E-state index is 9.83. The molecule has 9 heteroatoms. The zero-order valence-corrected chi connectivity index (χ0v) is 15.0. The van der Waals surface area contributed by atoms with Crippen LogP contribution in [0.15, 0.2) is 6.07 Å². The van der Waals surface area contributed by atoms with Gasteiger partial charge in [0, 0.05) is 12.6 Å². The predicted octanol–water partition coefficient (Wildman–Crippen LogP) is 0.395. The van der Waals surface area contributed by atoms with Crippen molar-refractivity contribution >= 4 is 22.5 Å². The van der Waals surface area contributed by atoms with Gasteiger partial charge >= 0.3 is 0 Å². The fourth-order valence-corrected chi connectivity index (χ4v) is 4.56. The molecule has 0 spiro atoms. The molecule has 0 aliphatic carbocycles. The SMILES string of the molecule is N#Cc1[nH]nc2nc(N3C4CCC3COC4)cc(N3CCOC[C@H]3CO)c12. The van der Waals surface area contributed by atoms with Crippen molar-refractivity contribution in [3.63, 3.8) is 0 Å². The molecule has 9 nitrogen and oxygen atoms in total. The van der Waals surface area contributed by atoms with Crippen LogP contribution in [0.2, 0.25) is 0 Å². The summed E-state index contributed by atoms with van der Waals surface area (Å²) in [5, 5.41) is 27.1. The van der Waals surface area contributed by atoms with E-state index in [0.717, 1.165) is 24.3 Å². The summed E-state index contributed by atoms with van der Waals surface area (Å²) in [6.07, 6.45) is 2.20. The van der Waals surface area contributed by atoms with Crippen LogP contribution >= 0.6 is 0 Å². The molecule has 5 heterocycles. The number of hydrogen-bond acceptors (Lipinski definition) is 8. The molecule has 27 heavy (non-hydrogen) atoms. The molecule has 0 radical (unpaired) electrons. The average Bonchev–Trinajstić information content (AvgIpc) is 3.24. The number of ether oxygens (including phenoxy) is 2. The molecule has 2 aromatic rings. The molecular weight excluding hydrogens is 348 g/mol. The molecule has 3 aliphatic heterocycles. The number of H-pyrrole nitrogens is 1. The molecule has 142 valence electrons. The molecule has 3 atom stereocenters. The number of aliphatic hydroxyl groups excluding tert-OH is 1. The number of nitriles is 1. The number of aromatic amines is 1. The number of aromatic nitrogens is 3. The monoisotopic (exact) mass is 370 g/mol. The fourth-order valence-electron chi connectivity index (χ4n) is 4.56. The van der Waals surface area contributed by atoms with Gasteiger partial charge in [-0.3, -0.25) is 5.10 Å². The van der Waals surface area contributed by atoms with Crippen molar-refractivity contribution in [2.24, 2.45) is 0 Å². The van der Waals surface area contributed by atoms with Gasteiger partial charge in [-0.1, -0.05) is 0 Å². The molecule has 3 fully saturated rings. The number of nitrogens with one attached hydrogen (secondary N) is 1. The van der Waals surface area contributed by atoms with Crippen molar-refractivity contribution in [3.8, 4) is 6.07 Å². The van der Waals surface area contributed by atoms with Crippen molar-refractivity contribution in [2.45, 2.75) is 31.0 Å². The zero-order chi connectivity index (χ0) is 18.4. The molecular formula is C18H22N6O3. The minimum absolute atomic E-state index is 0.0122. The maximum absolute atomic E-state index is 9.83. The molecule has 0 saturated carbocycles. The van der Waals surface area contributed by atoms with Crippen LogP contribution in [0.3, 0.4) is 0 Å². The van der Waals surface area contributed by atoms with Gasteiger partial charge in [-0.2, -0.15) is 10.4 Å². The highest BCUT2D eigenvalue weighted by Gasteiger charge is 2.39. The van der Waals surface area contributed by atoms with Crippen LogP contribution in [0.4, 0.5) is 11.5 Å². The van der Waals surface area contributed by atoms with E-state index in [2.05, 4.69) is 26.1 Å². The lowest BCUT2D eigenvalue weighted by Crippen LogP contribution is -2.48. The first-order chi connectivity index (χ1) is 13.3. The van der Waals surface area contributed by atoms with Crippen LogP contribution in [0.5, 0.6) is 0 Å². The smallest absolute Gasteiger partial charge is 0.186 e. The van der Waals surface area contributed by atoms with E-state index < -0.39 is 0 Å². The van der Waals surface area contributed by atoms with E-state index in [-0.39, 0.29) is 12.6 Å². The van der Waals surface area contributed by atoms with Crippen LogP contribution in [-0.2, 0) is 9.47 Å². The Labute approximate surface area is 156 Å². The molecule has 5 rings (SSSR count). The molecule has 2 aromatic heterocycles. The summed E-state index contributed by atoms with van der Waals surface area (Å²) in [7, 11) is 0. The largest absolute Gasteiger partial charge is 0.394 e. The molecule has 2 unspecified atom stereocenters. The van der Waals surface area contributed by atoms with Crippen LogP contribution in [0.1, 0.15) is 18.5 Å². The van der Waals surface area contributed by atoms with E-state index in [1.807, 2.05) is 6.07 Å². The summed E-state index contributed by atoms with van der Waals surface area (Å²) in [4.78, 5) is 9.24. The van der Waals surface area contributed by atoms with Crippen LogP contribution in [0.25, 0.3) is 11.0 Å². The first-order valence-electron chi connectivity index (χ1n) is 9.40. The Morgan fingerprint density at radius 3 is 2.81 bits per heavy atom. The minimum atomic E-state index is -0.153. The minimum Gasteiger partial charge on any atom is -0.394 e. The summed E-state index contributed by atoms with van der Waals surface area (Å²) in [6.45, 7) is 3.10. The Morgan fingerprint density at radius 2 is 2.07 bits per heavy atom. The topological polar surface area (TPSA) is 111 Å². The Balaban J connectivity index is 1.66. The second-order valence-corrected chi connectivity index (χ2v) is 7.34. The fraction of sp³-hybridized carbons (Fsp3) is 0.611. The quantitative estimate of drug-likeness (QED) is 0.799. The van der Waals surface area contributed by atoms with E-state index in [1.165, 1.54) is 0 Å². The first kappa shape index (κ1) is 16.7. The average molecular weight is 370 g/mol. The lowest BCUT2D eigenvalue weighted by atomic mass is 10.1. The number of pyridine rings is 1. The highest BCUT2D eigenvalue weighted by molar-refractivity contribution is 5.95. The van der Waals surface area contributed by atoms with E-state index in [0.29, 0.717) is 61.8 Å². The third kappa shape index (κ3) is 2.64. The molecule has 2 N–H and O–H groups in total. The van der Waals surface area contributed by atoms with Crippen molar-refractivity contribution in [3.05, 3.63) is 11.8 Å². The summed E-state index contributed by atoms with van der Waals surface area (Å²) >= 11 is 0. The Bertz CT molecular complexity index is 877. The van der Waals surface area contributed by atoms with Crippen molar-refractivity contribution in [1.82, 2.24) is 15.2 Å². The molecule has 3 aliphatic rings. The van der Waals surface area contributed by atoms with Gasteiger partial charge in [0.15, 0.2) is 5.65 Å². The number of aliphatic hydroxyl groups is 1. The Morgan fingerprint density at radius 1 is 1.26 bits per heavy atom. The summed E-state index contributed by atoms with van der Waals surface area (Å²) < 4.78 is 11.2. The standard InChI is InChI=1S/C18H22N6O3/c19-6-14-17-15(23-3-4-26-10-13(23)7-25)5-16(20-18(17)22-21-14)24-11-1-2-12(24)9-27-8-11/h5,11-13,25H,1-4,7-10H2,(H,20,21,22)/t11?,12?,13-/m1/s1. The summed E-state index contributed by atoms with van der Waals surface area (Å²) in [5.41, 5.74) is 1.81. The molecule has 2 bridgehead atoms. The summed E-state index contributed by atoms with van der Waals surface area (Å²) in [5.74, 6) is 0.868. The lowest BCUT2D eigenvalue weighted by molar-refractivity contribution is 0.0728. The van der Waals surface area contributed by atoms with Crippen molar-refractivity contribution in [1.29, 1.82) is 5.26 Å². The van der Waals surface area contributed by atoms with Gasteiger partial charge in [0.25, 0.3) is 0 Å². The van der Waals surface area contributed by atoms with Gasteiger partial charge < -0.3 is 24.4 Å². The predicted molar refractivity (Wildman–Crippen MR) is 97.8 cm³/mol. The van der Waals surface area contributed by atoms with Crippen molar-refractivity contribution in [2.75, 3.05) is 49.4 Å². The van der Waals surface area contributed by atoms with Gasteiger partial charge in [0.2, 0.25) is 0 Å². The van der Waals surface area contributed by atoms with Gasteiger partial charge in [-0.25, -0.2) is 4.98 Å². The van der Waals surface area contributed by atoms with Gasteiger partial charge in [-0.05, 0) is 12.8 Å². The third-order valence-electron chi connectivity index (χ3n) is 5.85. The molecule has 0 aromatic carbocycles. The van der Waals surface area contributed by atoms with E-state index >= 15 is 0 Å². The van der Waals surface area contributed by atoms with Crippen LogP contribution in [-0.4, -0.2) is 78.0 Å². The van der Waals surface area contributed by atoms with Gasteiger partial charge in [-0.15, -0.1) is 0 Å². The molecule has 3 saturated heterocycles. The zero-order valence-electron chi connectivity index (χ0n) is 15.0. The number of rotatable bonds is 3. The second-order valence-electron chi connectivity index (χ2n) is 7.34. The Kier molecular flexibility index (Phi) is 4.11. The van der Waals surface area contributed by atoms with Crippen LogP contribution in [0, 0.1) is 11.3 Å². The van der Waals surface area contributed by atoms with E-state index in [9.17, 15) is 10.4 Å². The van der Waals surface area contributed by atoms with Gasteiger partial charge in [0.1, 0.15) is 17.6 Å². The van der Waals surface area contributed by atoms with Crippen LogP contribution < -0.4 is 9.80 Å². The highest BCUT2D eigenvalue weighted by Crippen LogP contribution is 2.38. The number of nitrogens with zero attached hydrogens (tertiary/aromatic N) is 5.